The monoisotopic (exact) mass is 307 g/mol. The predicted octanol–water partition coefficient (Wildman–Crippen LogP) is 3.77. The number of hydrogen-bond acceptors (Lipinski definition) is 2. The van der Waals surface area contributed by atoms with Gasteiger partial charge >= 0.3 is 6.03 Å². The highest BCUT2D eigenvalue weighted by Gasteiger charge is 2.22. The molecule has 0 aliphatic carbocycles. The summed E-state index contributed by atoms with van der Waals surface area (Å²) in [4.78, 5) is 17.8. The molecule has 0 fully saturated rings. The third kappa shape index (κ3) is 2.21. The van der Waals surface area contributed by atoms with Crippen molar-refractivity contribution in [2.24, 2.45) is 0 Å². The number of carbonyl (C=O) groups is 1. The number of fused-ring (bicyclic) bond motifs is 3. The van der Waals surface area contributed by atoms with Crippen molar-refractivity contribution in [3.05, 3.63) is 66.4 Å². The molecule has 4 rings (SSSR count). The summed E-state index contributed by atoms with van der Waals surface area (Å²) in [5.74, 6) is -0.496. The van der Waals surface area contributed by atoms with E-state index in [1.165, 1.54) is 12.3 Å². The summed E-state index contributed by atoms with van der Waals surface area (Å²) in [5.41, 5.74) is 4.75. The molecule has 3 heterocycles. The van der Waals surface area contributed by atoms with E-state index in [4.69, 9.17) is 0 Å². The number of aromatic nitrogens is 2. The second-order valence-corrected chi connectivity index (χ2v) is 5.64. The number of amides is 1. The fourth-order valence-electron chi connectivity index (χ4n) is 2.95. The molecular formula is C18H14FN3O. The summed E-state index contributed by atoms with van der Waals surface area (Å²) in [6, 6.07) is 12.8. The highest BCUT2D eigenvalue weighted by molar-refractivity contribution is 5.86. The lowest BCUT2D eigenvalue weighted by atomic mass is 9.98. The molecule has 114 valence electrons. The van der Waals surface area contributed by atoms with Crippen LogP contribution in [0.1, 0.15) is 5.56 Å². The van der Waals surface area contributed by atoms with Crippen LogP contribution in [0.2, 0.25) is 0 Å². The van der Waals surface area contributed by atoms with Gasteiger partial charge in [0.15, 0.2) is 0 Å². The topological polar surface area (TPSA) is 38.1 Å². The summed E-state index contributed by atoms with van der Waals surface area (Å²) in [6.45, 7) is 0.553. The van der Waals surface area contributed by atoms with Crippen molar-refractivity contribution < 1.29 is 9.18 Å². The number of carbonyl (C=O) groups excluding carboxylic acids is 1. The Balaban J connectivity index is 1.89. The van der Waals surface area contributed by atoms with Gasteiger partial charge in [-0.3, -0.25) is 4.57 Å². The number of benzene rings is 1. The van der Waals surface area contributed by atoms with E-state index in [2.05, 4.69) is 4.98 Å². The summed E-state index contributed by atoms with van der Waals surface area (Å²) in [5, 5.41) is 0. The Kier molecular flexibility index (Phi) is 3.01. The minimum Gasteiger partial charge on any atom is -0.323 e. The summed E-state index contributed by atoms with van der Waals surface area (Å²) in [7, 11) is 1.79. The van der Waals surface area contributed by atoms with Gasteiger partial charge in [-0.05, 0) is 41.5 Å². The fraction of sp³-hybridized carbons (Fsp3) is 0.111. The summed E-state index contributed by atoms with van der Waals surface area (Å²) in [6.07, 6.45) is 3.29. The van der Waals surface area contributed by atoms with Gasteiger partial charge < -0.3 is 4.90 Å². The van der Waals surface area contributed by atoms with Gasteiger partial charge in [-0.1, -0.05) is 12.1 Å². The highest BCUT2D eigenvalue weighted by atomic mass is 19.1. The zero-order chi connectivity index (χ0) is 16.0. The van der Waals surface area contributed by atoms with Crippen LogP contribution in [0.5, 0.6) is 0 Å². The molecule has 0 atom stereocenters. The van der Waals surface area contributed by atoms with Gasteiger partial charge in [0, 0.05) is 37.1 Å². The second kappa shape index (κ2) is 5.05. The maximum absolute atomic E-state index is 13.0. The second-order valence-electron chi connectivity index (χ2n) is 5.64. The normalized spacial score (nSPS) is 13.5. The van der Waals surface area contributed by atoms with Crippen LogP contribution in [0.3, 0.4) is 0 Å². The van der Waals surface area contributed by atoms with Gasteiger partial charge in [0.25, 0.3) is 0 Å². The van der Waals surface area contributed by atoms with Gasteiger partial charge in [0.2, 0.25) is 5.95 Å². The molecule has 2 aromatic heterocycles. The van der Waals surface area contributed by atoms with E-state index in [0.29, 0.717) is 6.54 Å². The van der Waals surface area contributed by atoms with Crippen LogP contribution < -0.4 is 0 Å². The smallest absolute Gasteiger partial charge is 0.323 e. The first-order chi connectivity index (χ1) is 11.1. The van der Waals surface area contributed by atoms with Crippen LogP contribution in [-0.4, -0.2) is 27.5 Å². The average Bonchev–Trinajstić information content (AvgIpc) is 3.01. The van der Waals surface area contributed by atoms with Crippen LogP contribution >= 0.6 is 0 Å². The van der Waals surface area contributed by atoms with Crippen LogP contribution in [0.25, 0.3) is 22.4 Å². The number of halogens is 1. The number of hydrogen-bond donors (Lipinski definition) is 0. The summed E-state index contributed by atoms with van der Waals surface area (Å²) >= 11 is 0. The van der Waals surface area contributed by atoms with E-state index >= 15 is 0 Å². The molecule has 23 heavy (non-hydrogen) atoms. The molecule has 5 heteroatoms. The van der Waals surface area contributed by atoms with E-state index in [-0.39, 0.29) is 6.03 Å². The SMILES string of the molecule is CN1Cc2ccc(-c3ccc(F)nc3)cc2-c2cccn2C1=O. The molecule has 0 N–H and O–H groups in total. The first kappa shape index (κ1) is 13.7. The van der Waals surface area contributed by atoms with Crippen LogP contribution in [-0.2, 0) is 6.54 Å². The minimum absolute atomic E-state index is 0.0498. The van der Waals surface area contributed by atoms with Gasteiger partial charge in [-0.25, -0.2) is 9.78 Å². The van der Waals surface area contributed by atoms with Crippen molar-refractivity contribution in [2.45, 2.75) is 6.54 Å². The highest BCUT2D eigenvalue weighted by Crippen LogP contribution is 2.32. The van der Waals surface area contributed by atoms with Crippen molar-refractivity contribution in [3.8, 4) is 22.4 Å². The van der Waals surface area contributed by atoms with Crippen LogP contribution in [0.4, 0.5) is 9.18 Å². The van der Waals surface area contributed by atoms with E-state index < -0.39 is 5.95 Å². The zero-order valence-electron chi connectivity index (χ0n) is 12.5. The third-order valence-electron chi connectivity index (χ3n) is 4.14. The molecular weight excluding hydrogens is 293 g/mol. The fourth-order valence-corrected chi connectivity index (χ4v) is 2.95. The molecule has 0 unspecified atom stereocenters. The van der Waals surface area contributed by atoms with Gasteiger partial charge in [-0.2, -0.15) is 4.39 Å². The largest absolute Gasteiger partial charge is 0.328 e. The number of nitrogens with zero attached hydrogens (tertiary/aromatic N) is 3. The molecule has 1 aromatic carbocycles. The lowest BCUT2D eigenvalue weighted by Gasteiger charge is -2.15. The molecule has 0 bridgehead atoms. The van der Waals surface area contributed by atoms with Crippen LogP contribution in [0, 0.1) is 5.95 Å². The van der Waals surface area contributed by atoms with Gasteiger partial charge in [-0.15, -0.1) is 0 Å². The molecule has 0 saturated carbocycles. The van der Waals surface area contributed by atoms with Gasteiger partial charge in [0.05, 0.1) is 5.69 Å². The molecule has 1 aliphatic heterocycles. The molecule has 1 amide bonds. The van der Waals surface area contributed by atoms with E-state index in [1.807, 2.05) is 30.3 Å². The van der Waals surface area contributed by atoms with Gasteiger partial charge in [0.1, 0.15) is 0 Å². The van der Waals surface area contributed by atoms with Crippen molar-refractivity contribution in [1.29, 1.82) is 0 Å². The Morgan fingerprint density at radius 1 is 1.13 bits per heavy atom. The molecule has 0 spiro atoms. The summed E-state index contributed by atoms with van der Waals surface area (Å²) < 4.78 is 14.7. The zero-order valence-corrected chi connectivity index (χ0v) is 12.5. The Bertz CT molecular complexity index is 899. The van der Waals surface area contributed by atoms with Crippen molar-refractivity contribution in [2.75, 3.05) is 7.05 Å². The van der Waals surface area contributed by atoms with Crippen molar-refractivity contribution in [3.63, 3.8) is 0 Å². The third-order valence-corrected chi connectivity index (χ3v) is 4.14. The van der Waals surface area contributed by atoms with Crippen molar-refractivity contribution >= 4 is 6.03 Å². The lowest BCUT2D eigenvalue weighted by Crippen LogP contribution is -2.28. The molecule has 4 nitrogen and oxygen atoms in total. The first-order valence-corrected chi connectivity index (χ1v) is 7.31. The maximum atomic E-state index is 13.0. The molecule has 0 saturated heterocycles. The van der Waals surface area contributed by atoms with E-state index in [1.54, 1.807) is 28.8 Å². The molecule has 3 aromatic rings. The Morgan fingerprint density at radius 3 is 2.74 bits per heavy atom. The maximum Gasteiger partial charge on any atom is 0.328 e. The standard InChI is InChI=1S/C18H14FN3O/c1-21-11-14-5-4-12(13-6-7-17(19)20-10-13)9-15(14)16-3-2-8-22(16)18(21)23/h2-10H,11H2,1H3. The Hall–Kier alpha value is -2.95. The number of pyridine rings is 1. The van der Waals surface area contributed by atoms with E-state index in [0.717, 1.165) is 27.9 Å². The van der Waals surface area contributed by atoms with E-state index in [9.17, 15) is 9.18 Å². The minimum atomic E-state index is -0.496. The number of rotatable bonds is 1. The predicted molar refractivity (Wildman–Crippen MR) is 85.3 cm³/mol. The average molecular weight is 307 g/mol. The first-order valence-electron chi connectivity index (χ1n) is 7.31. The Morgan fingerprint density at radius 2 is 1.96 bits per heavy atom. The Labute approximate surface area is 132 Å². The quantitative estimate of drug-likeness (QED) is 0.642. The molecule has 0 radical (unpaired) electrons. The molecule has 1 aliphatic rings. The van der Waals surface area contributed by atoms with Crippen LogP contribution in [0.15, 0.2) is 54.9 Å². The lowest BCUT2D eigenvalue weighted by molar-refractivity contribution is 0.210. The van der Waals surface area contributed by atoms with Crippen molar-refractivity contribution in [1.82, 2.24) is 14.5 Å².